The summed E-state index contributed by atoms with van der Waals surface area (Å²) < 4.78 is 59.2. The lowest BCUT2D eigenvalue weighted by molar-refractivity contribution is -0.384. The Labute approximate surface area is 214 Å². The molecule has 3 heterocycles. The first-order valence-corrected chi connectivity index (χ1v) is 11.8. The van der Waals surface area contributed by atoms with Crippen LogP contribution in [0.5, 0.6) is 11.5 Å². The first-order chi connectivity index (χ1) is 18.1. The van der Waals surface area contributed by atoms with Crippen LogP contribution in [0.25, 0.3) is 6.08 Å². The minimum absolute atomic E-state index is 0.00924. The predicted molar refractivity (Wildman–Crippen MR) is 126 cm³/mol. The molecule has 0 fully saturated rings. The molecule has 0 aliphatic carbocycles. The molecule has 38 heavy (non-hydrogen) atoms. The molecule has 14 heteroatoms. The molecule has 1 atom stereocenters. The van der Waals surface area contributed by atoms with Crippen LogP contribution in [0.4, 0.5) is 18.9 Å². The van der Waals surface area contributed by atoms with Gasteiger partial charge in [0.1, 0.15) is 0 Å². The largest absolute Gasteiger partial charge is 0.463 e. The Morgan fingerprint density at radius 2 is 1.95 bits per heavy atom. The molecule has 0 unspecified atom stereocenters. The summed E-state index contributed by atoms with van der Waals surface area (Å²) in [6.07, 6.45) is -3.66. The highest BCUT2D eigenvalue weighted by Gasteiger charge is 2.45. The first-order valence-electron chi connectivity index (χ1n) is 11.0. The number of ether oxygens (including phenoxy) is 3. The number of nitro benzene ring substituents is 1. The summed E-state index contributed by atoms with van der Waals surface area (Å²) in [4.78, 5) is 40.2. The van der Waals surface area contributed by atoms with Crippen LogP contribution in [0.15, 0.2) is 63.5 Å². The highest BCUT2D eigenvalue weighted by molar-refractivity contribution is 7.07. The van der Waals surface area contributed by atoms with E-state index in [2.05, 4.69) is 4.99 Å². The molecule has 0 bridgehead atoms. The monoisotopic (exact) mass is 547 g/mol. The van der Waals surface area contributed by atoms with E-state index in [1.165, 1.54) is 55.5 Å². The standard InChI is InChI=1S/C24H16F3N3O7S/c1-2-35-22(32)18-19(13-5-8-15-16(10-13)37-11-36-15)29-21(31)17(38-23(29)28-20(18)24(25,26)27)9-12-3-6-14(7-4-12)30(33)34/h3-10,19H,2,11H2,1H3/t19-/m0/s1. The Kier molecular flexibility index (Phi) is 6.26. The Hall–Kier alpha value is -4.46. The Morgan fingerprint density at radius 1 is 1.24 bits per heavy atom. The van der Waals surface area contributed by atoms with Gasteiger partial charge in [-0.25, -0.2) is 9.79 Å². The lowest BCUT2D eigenvalue weighted by Gasteiger charge is -2.26. The van der Waals surface area contributed by atoms with Crippen molar-refractivity contribution in [2.75, 3.05) is 13.4 Å². The van der Waals surface area contributed by atoms with Gasteiger partial charge >= 0.3 is 12.1 Å². The Balaban J connectivity index is 1.76. The molecule has 0 spiro atoms. The number of aromatic nitrogens is 1. The predicted octanol–water partition coefficient (Wildman–Crippen LogP) is 2.98. The number of allylic oxidation sites excluding steroid dienone is 1. The van der Waals surface area contributed by atoms with E-state index in [4.69, 9.17) is 14.2 Å². The summed E-state index contributed by atoms with van der Waals surface area (Å²) in [6, 6.07) is 8.05. The van der Waals surface area contributed by atoms with Crippen LogP contribution in [0.3, 0.4) is 0 Å². The van der Waals surface area contributed by atoms with Gasteiger partial charge in [0.2, 0.25) is 6.79 Å². The average Bonchev–Trinajstić information content (AvgIpc) is 3.46. The molecule has 1 aromatic heterocycles. The third-order valence-electron chi connectivity index (χ3n) is 5.71. The summed E-state index contributed by atoms with van der Waals surface area (Å²) in [6.45, 7) is 1.15. The van der Waals surface area contributed by atoms with Gasteiger partial charge < -0.3 is 14.2 Å². The van der Waals surface area contributed by atoms with Gasteiger partial charge in [-0.1, -0.05) is 17.4 Å². The molecular formula is C24H16F3N3O7S. The Morgan fingerprint density at radius 3 is 2.61 bits per heavy atom. The number of non-ortho nitro benzene ring substituents is 1. The van der Waals surface area contributed by atoms with Gasteiger partial charge in [0.15, 0.2) is 22.0 Å². The molecular weight excluding hydrogens is 531 g/mol. The SMILES string of the molecule is CCOC(=O)C1=C(C(F)(F)F)N=c2sc(=Cc3ccc([N+](=O)[O-])cc3)c(=O)n2[C@H]1c1ccc2c(c1)OCO2. The van der Waals surface area contributed by atoms with E-state index < -0.39 is 39.9 Å². The molecule has 2 aliphatic rings. The zero-order chi connectivity index (χ0) is 27.2. The molecule has 0 N–H and O–H groups in total. The van der Waals surface area contributed by atoms with Crippen molar-refractivity contribution < 1.29 is 37.1 Å². The molecule has 196 valence electrons. The van der Waals surface area contributed by atoms with Crippen molar-refractivity contribution in [1.82, 2.24) is 4.57 Å². The van der Waals surface area contributed by atoms with E-state index in [0.29, 0.717) is 22.6 Å². The minimum Gasteiger partial charge on any atom is -0.463 e. The fraction of sp³-hybridized carbons (Fsp3) is 0.208. The number of nitro groups is 1. The van der Waals surface area contributed by atoms with Crippen molar-refractivity contribution in [2.24, 2.45) is 4.99 Å². The van der Waals surface area contributed by atoms with Crippen molar-refractivity contribution in [1.29, 1.82) is 0 Å². The number of carbonyl (C=O) groups excluding carboxylic acids is 1. The maximum Gasteiger partial charge on any atom is 0.434 e. The molecule has 0 saturated carbocycles. The zero-order valence-corrected chi connectivity index (χ0v) is 20.2. The maximum absolute atomic E-state index is 14.2. The summed E-state index contributed by atoms with van der Waals surface area (Å²) in [5, 5.41) is 10.9. The molecule has 5 rings (SSSR count). The summed E-state index contributed by atoms with van der Waals surface area (Å²) >= 11 is 0.690. The Bertz CT molecular complexity index is 1670. The maximum atomic E-state index is 14.2. The quantitative estimate of drug-likeness (QED) is 0.273. The number of nitrogens with zero attached hydrogens (tertiary/aromatic N) is 3. The lowest BCUT2D eigenvalue weighted by atomic mass is 9.95. The number of alkyl halides is 3. The second kappa shape index (κ2) is 9.45. The first kappa shape index (κ1) is 25.2. The van der Waals surface area contributed by atoms with Gasteiger partial charge in [0, 0.05) is 12.1 Å². The van der Waals surface area contributed by atoms with Crippen LogP contribution in [-0.2, 0) is 9.53 Å². The minimum atomic E-state index is -5.04. The van der Waals surface area contributed by atoms with Crippen LogP contribution in [-0.4, -0.2) is 35.0 Å². The van der Waals surface area contributed by atoms with E-state index in [0.717, 1.165) is 4.57 Å². The number of hydrogen-bond donors (Lipinski definition) is 0. The molecule has 0 radical (unpaired) electrons. The van der Waals surface area contributed by atoms with Gasteiger partial charge in [-0.3, -0.25) is 19.5 Å². The highest BCUT2D eigenvalue weighted by atomic mass is 32.1. The summed E-state index contributed by atoms with van der Waals surface area (Å²) in [5.41, 5.74) is -2.63. The van der Waals surface area contributed by atoms with Gasteiger partial charge in [-0.15, -0.1) is 0 Å². The number of halogens is 3. The normalized spacial score (nSPS) is 16.7. The zero-order valence-electron chi connectivity index (χ0n) is 19.4. The van der Waals surface area contributed by atoms with Crippen molar-refractivity contribution in [3.63, 3.8) is 0 Å². The van der Waals surface area contributed by atoms with Gasteiger partial charge in [-0.2, -0.15) is 13.2 Å². The molecule has 2 aromatic carbocycles. The van der Waals surface area contributed by atoms with Crippen LogP contribution in [0.2, 0.25) is 0 Å². The van der Waals surface area contributed by atoms with Crippen molar-refractivity contribution in [3.8, 4) is 11.5 Å². The van der Waals surface area contributed by atoms with Crippen LogP contribution in [0, 0.1) is 10.1 Å². The molecule has 0 saturated heterocycles. The second-order valence-electron chi connectivity index (χ2n) is 8.02. The van der Waals surface area contributed by atoms with Gasteiger partial charge in [-0.05, 0) is 48.4 Å². The highest BCUT2D eigenvalue weighted by Crippen LogP contribution is 2.41. The van der Waals surface area contributed by atoms with E-state index >= 15 is 0 Å². The number of hydrogen-bond acceptors (Lipinski definition) is 9. The van der Waals surface area contributed by atoms with Crippen molar-refractivity contribution in [2.45, 2.75) is 19.1 Å². The summed E-state index contributed by atoms with van der Waals surface area (Å²) in [5.74, 6) is -0.669. The number of fused-ring (bicyclic) bond motifs is 2. The number of thiazole rings is 1. The molecule has 10 nitrogen and oxygen atoms in total. The second-order valence-corrected chi connectivity index (χ2v) is 9.03. The van der Waals surface area contributed by atoms with Crippen LogP contribution in [0.1, 0.15) is 24.1 Å². The fourth-order valence-electron chi connectivity index (χ4n) is 4.08. The van der Waals surface area contributed by atoms with Crippen LogP contribution >= 0.6 is 11.3 Å². The number of rotatable bonds is 5. The smallest absolute Gasteiger partial charge is 0.434 e. The molecule has 3 aromatic rings. The third-order valence-corrected chi connectivity index (χ3v) is 6.69. The molecule has 0 amide bonds. The van der Waals surface area contributed by atoms with Crippen molar-refractivity contribution in [3.05, 3.63) is 94.7 Å². The van der Waals surface area contributed by atoms with E-state index in [1.807, 2.05) is 0 Å². The third kappa shape index (κ3) is 4.42. The topological polar surface area (TPSA) is 122 Å². The summed E-state index contributed by atoms with van der Waals surface area (Å²) in [7, 11) is 0. The van der Waals surface area contributed by atoms with Gasteiger partial charge in [0.05, 0.1) is 27.7 Å². The van der Waals surface area contributed by atoms with Gasteiger partial charge in [0.25, 0.3) is 11.2 Å². The lowest BCUT2D eigenvalue weighted by Crippen LogP contribution is -2.41. The van der Waals surface area contributed by atoms with Crippen molar-refractivity contribution >= 4 is 29.1 Å². The van der Waals surface area contributed by atoms with Crippen LogP contribution < -0.4 is 24.4 Å². The fourth-order valence-corrected chi connectivity index (χ4v) is 5.08. The van der Waals surface area contributed by atoms with E-state index in [9.17, 15) is 32.9 Å². The van der Waals surface area contributed by atoms with E-state index in [-0.39, 0.29) is 39.7 Å². The number of benzene rings is 2. The number of esters is 1. The number of carbonyl (C=O) groups is 1. The molecule has 2 aliphatic heterocycles. The van der Waals surface area contributed by atoms with E-state index in [1.54, 1.807) is 0 Å². The average molecular weight is 547 g/mol.